The molecule has 0 bridgehead atoms. The lowest BCUT2D eigenvalue weighted by Gasteiger charge is -2.32. The average molecular weight is 451 g/mol. The number of carbonyl (C=O) groups excluding carboxylic acids is 1. The zero-order valence-electron chi connectivity index (χ0n) is 18.8. The summed E-state index contributed by atoms with van der Waals surface area (Å²) in [6.45, 7) is 2.93. The Morgan fingerprint density at radius 3 is 2.59 bits per heavy atom. The van der Waals surface area contributed by atoms with Gasteiger partial charge in [0.25, 0.3) is 5.91 Å². The molecule has 1 amide bonds. The second kappa shape index (κ2) is 8.76. The molecule has 0 atom stereocenters. The van der Waals surface area contributed by atoms with Crippen LogP contribution in [0.15, 0.2) is 72.8 Å². The third-order valence-electron chi connectivity index (χ3n) is 6.61. The molecule has 1 fully saturated rings. The second-order valence-corrected chi connectivity index (χ2v) is 8.94. The lowest BCUT2D eigenvalue weighted by molar-refractivity contribution is 0.0909. The van der Waals surface area contributed by atoms with Gasteiger partial charge in [0, 0.05) is 36.6 Å². The van der Waals surface area contributed by atoms with Crippen molar-refractivity contribution in [1.29, 1.82) is 0 Å². The molecule has 7 nitrogen and oxygen atoms in total. The Labute approximate surface area is 197 Å². The van der Waals surface area contributed by atoms with Crippen molar-refractivity contribution in [2.45, 2.75) is 25.4 Å². The van der Waals surface area contributed by atoms with Crippen LogP contribution < -0.4 is 5.32 Å². The number of aromatic amines is 2. The molecule has 1 saturated heterocycles. The number of rotatable bonds is 5. The molecule has 5 aromatic rings. The number of benzene rings is 3. The molecular weight excluding hydrogens is 424 g/mol. The first-order valence-electron chi connectivity index (χ1n) is 11.7. The number of aromatic nitrogens is 4. The minimum absolute atomic E-state index is 0.0415. The lowest BCUT2D eigenvalue weighted by atomic mass is 10.0. The van der Waals surface area contributed by atoms with Gasteiger partial charge in [-0.2, -0.15) is 5.10 Å². The number of H-pyrrole nitrogens is 2. The van der Waals surface area contributed by atoms with Gasteiger partial charge in [0.1, 0.15) is 5.69 Å². The molecule has 7 heteroatoms. The number of carbonyl (C=O) groups is 1. The summed E-state index contributed by atoms with van der Waals surface area (Å²) < 4.78 is 0. The van der Waals surface area contributed by atoms with E-state index in [-0.39, 0.29) is 11.9 Å². The first kappa shape index (κ1) is 20.6. The van der Waals surface area contributed by atoms with E-state index in [9.17, 15) is 4.79 Å². The normalized spacial score (nSPS) is 15.2. The van der Waals surface area contributed by atoms with E-state index < -0.39 is 0 Å². The molecule has 3 heterocycles. The van der Waals surface area contributed by atoms with Crippen LogP contribution in [0.4, 0.5) is 0 Å². The fourth-order valence-electron chi connectivity index (χ4n) is 4.75. The fraction of sp³-hybridized carbons (Fsp3) is 0.222. The summed E-state index contributed by atoms with van der Waals surface area (Å²) in [5.74, 6) is 0.649. The number of para-hydroxylation sites is 2. The van der Waals surface area contributed by atoms with Gasteiger partial charge in [0.05, 0.1) is 16.6 Å². The molecule has 34 heavy (non-hydrogen) atoms. The standard InChI is InChI=1S/C27H26N6O/c34-27(28-20-12-14-33(15-13-20)17-18-6-2-1-3-7-18)19-10-11-22-21(16-19)25(32-31-22)26-29-23-8-4-5-9-24(23)30-26/h1-11,16,20H,12-15,17H2,(H,28,34)(H,29,30)(H,31,32). The molecule has 0 saturated carbocycles. The molecule has 6 rings (SSSR count). The zero-order valence-corrected chi connectivity index (χ0v) is 18.8. The Hall–Kier alpha value is -3.97. The molecule has 0 unspecified atom stereocenters. The number of hydrogen-bond acceptors (Lipinski definition) is 4. The monoisotopic (exact) mass is 450 g/mol. The topological polar surface area (TPSA) is 89.7 Å². The number of nitrogens with zero attached hydrogens (tertiary/aromatic N) is 3. The SMILES string of the molecule is O=C(NC1CCN(Cc2ccccc2)CC1)c1ccc2[nH]nc(-c3nc4ccccc4[nH]3)c2c1. The molecule has 2 aromatic heterocycles. The smallest absolute Gasteiger partial charge is 0.251 e. The van der Waals surface area contributed by atoms with Crippen LogP contribution >= 0.6 is 0 Å². The summed E-state index contributed by atoms with van der Waals surface area (Å²) >= 11 is 0. The van der Waals surface area contributed by atoms with Crippen LogP contribution in [-0.2, 0) is 6.54 Å². The summed E-state index contributed by atoms with van der Waals surface area (Å²) in [5.41, 5.74) is 5.41. The average Bonchev–Trinajstić information content (AvgIpc) is 3.49. The van der Waals surface area contributed by atoms with Gasteiger partial charge in [-0.05, 0) is 48.7 Å². The molecule has 1 aliphatic rings. The van der Waals surface area contributed by atoms with E-state index in [1.807, 2.05) is 48.5 Å². The van der Waals surface area contributed by atoms with Crippen molar-refractivity contribution in [3.8, 4) is 11.5 Å². The van der Waals surface area contributed by atoms with E-state index in [0.717, 1.165) is 60.1 Å². The highest BCUT2D eigenvalue weighted by atomic mass is 16.1. The minimum Gasteiger partial charge on any atom is -0.349 e. The molecule has 3 N–H and O–H groups in total. The van der Waals surface area contributed by atoms with E-state index in [2.05, 4.69) is 54.6 Å². The van der Waals surface area contributed by atoms with E-state index in [4.69, 9.17) is 0 Å². The molecule has 0 radical (unpaired) electrons. The summed E-state index contributed by atoms with van der Waals surface area (Å²) in [6, 6.07) is 24.3. The Morgan fingerprint density at radius 1 is 0.971 bits per heavy atom. The minimum atomic E-state index is -0.0415. The molecule has 0 aliphatic carbocycles. The highest BCUT2D eigenvalue weighted by Gasteiger charge is 2.22. The van der Waals surface area contributed by atoms with E-state index in [1.54, 1.807) is 0 Å². The number of imidazole rings is 1. The van der Waals surface area contributed by atoms with Crippen molar-refractivity contribution in [2.75, 3.05) is 13.1 Å². The van der Waals surface area contributed by atoms with Crippen molar-refractivity contribution in [3.05, 3.63) is 83.9 Å². The van der Waals surface area contributed by atoms with Gasteiger partial charge in [-0.15, -0.1) is 0 Å². The number of nitrogens with one attached hydrogen (secondary N) is 3. The van der Waals surface area contributed by atoms with Crippen LogP contribution in [0, 0.1) is 0 Å². The molecule has 1 aliphatic heterocycles. The van der Waals surface area contributed by atoms with Crippen molar-refractivity contribution in [3.63, 3.8) is 0 Å². The number of piperidine rings is 1. The Kier molecular flexibility index (Phi) is 5.31. The van der Waals surface area contributed by atoms with Gasteiger partial charge >= 0.3 is 0 Å². The Balaban J connectivity index is 1.15. The maximum Gasteiger partial charge on any atom is 0.251 e. The molecule has 0 spiro atoms. The van der Waals surface area contributed by atoms with Gasteiger partial charge < -0.3 is 10.3 Å². The summed E-state index contributed by atoms with van der Waals surface area (Å²) in [4.78, 5) is 23.5. The van der Waals surface area contributed by atoms with Crippen LogP contribution in [0.1, 0.15) is 28.8 Å². The summed E-state index contributed by atoms with van der Waals surface area (Å²) in [5, 5.41) is 11.6. The number of fused-ring (bicyclic) bond motifs is 2. The van der Waals surface area contributed by atoms with Crippen LogP contribution in [0.2, 0.25) is 0 Å². The number of hydrogen-bond donors (Lipinski definition) is 3. The number of amides is 1. The van der Waals surface area contributed by atoms with Gasteiger partial charge in [-0.25, -0.2) is 4.98 Å². The van der Waals surface area contributed by atoms with Crippen molar-refractivity contribution < 1.29 is 4.79 Å². The highest BCUT2D eigenvalue weighted by molar-refractivity contribution is 6.01. The Morgan fingerprint density at radius 2 is 1.76 bits per heavy atom. The van der Waals surface area contributed by atoms with Crippen LogP contribution in [0.25, 0.3) is 33.5 Å². The predicted molar refractivity (Wildman–Crippen MR) is 133 cm³/mol. The molecule has 170 valence electrons. The van der Waals surface area contributed by atoms with Gasteiger partial charge in [0.2, 0.25) is 0 Å². The Bertz CT molecular complexity index is 1410. The second-order valence-electron chi connectivity index (χ2n) is 8.94. The van der Waals surface area contributed by atoms with Crippen molar-refractivity contribution in [1.82, 2.24) is 30.4 Å². The lowest BCUT2D eigenvalue weighted by Crippen LogP contribution is -2.44. The third kappa shape index (κ3) is 4.06. The van der Waals surface area contributed by atoms with E-state index in [0.29, 0.717) is 11.4 Å². The van der Waals surface area contributed by atoms with E-state index >= 15 is 0 Å². The van der Waals surface area contributed by atoms with Gasteiger partial charge in [-0.3, -0.25) is 14.8 Å². The fourth-order valence-corrected chi connectivity index (χ4v) is 4.75. The van der Waals surface area contributed by atoms with Crippen LogP contribution in [0.3, 0.4) is 0 Å². The maximum absolute atomic E-state index is 13.1. The van der Waals surface area contributed by atoms with Crippen LogP contribution in [-0.4, -0.2) is 50.1 Å². The first-order chi connectivity index (χ1) is 16.7. The quantitative estimate of drug-likeness (QED) is 0.368. The molecular formula is C27H26N6O. The van der Waals surface area contributed by atoms with E-state index in [1.165, 1.54) is 5.56 Å². The van der Waals surface area contributed by atoms with Crippen LogP contribution in [0.5, 0.6) is 0 Å². The van der Waals surface area contributed by atoms with Crippen molar-refractivity contribution >= 4 is 27.8 Å². The first-order valence-corrected chi connectivity index (χ1v) is 11.7. The molecule has 3 aromatic carbocycles. The summed E-state index contributed by atoms with van der Waals surface area (Å²) in [7, 11) is 0. The number of likely N-dealkylation sites (tertiary alicyclic amines) is 1. The third-order valence-corrected chi connectivity index (χ3v) is 6.61. The predicted octanol–water partition coefficient (Wildman–Crippen LogP) is 4.50. The van der Waals surface area contributed by atoms with Gasteiger partial charge in [0.15, 0.2) is 5.82 Å². The maximum atomic E-state index is 13.1. The zero-order chi connectivity index (χ0) is 22.9. The highest BCUT2D eigenvalue weighted by Crippen LogP contribution is 2.27. The summed E-state index contributed by atoms with van der Waals surface area (Å²) in [6.07, 6.45) is 1.91. The van der Waals surface area contributed by atoms with Crippen molar-refractivity contribution in [2.24, 2.45) is 0 Å². The van der Waals surface area contributed by atoms with Gasteiger partial charge in [-0.1, -0.05) is 42.5 Å². The largest absolute Gasteiger partial charge is 0.349 e.